The van der Waals surface area contributed by atoms with Crippen molar-refractivity contribution in [3.63, 3.8) is 0 Å². The summed E-state index contributed by atoms with van der Waals surface area (Å²) < 4.78 is 3.36. The van der Waals surface area contributed by atoms with Gasteiger partial charge in [0.2, 0.25) is 5.95 Å². The predicted octanol–water partition coefficient (Wildman–Crippen LogP) is 1.68. The van der Waals surface area contributed by atoms with Crippen molar-refractivity contribution in [3.8, 4) is 0 Å². The number of anilines is 1. The Kier molecular flexibility index (Phi) is 4.41. The molecule has 0 aromatic carbocycles. The van der Waals surface area contributed by atoms with E-state index in [-0.39, 0.29) is 11.1 Å². The average Bonchev–Trinajstić information content (AvgIpc) is 3.58. The van der Waals surface area contributed by atoms with E-state index in [2.05, 4.69) is 19.9 Å². The van der Waals surface area contributed by atoms with Crippen LogP contribution in [0.2, 0.25) is 0 Å². The maximum atomic E-state index is 12.6. The first kappa shape index (κ1) is 18.0. The topological polar surface area (TPSA) is 85.9 Å². The van der Waals surface area contributed by atoms with Crippen molar-refractivity contribution in [2.24, 2.45) is 13.0 Å². The molecule has 1 saturated heterocycles. The van der Waals surface area contributed by atoms with E-state index >= 15 is 0 Å². The van der Waals surface area contributed by atoms with Gasteiger partial charge in [0, 0.05) is 44.9 Å². The van der Waals surface area contributed by atoms with Crippen LogP contribution in [-0.2, 0) is 13.6 Å². The first-order valence-electron chi connectivity index (χ1n) is 10.2. The number of fused-ring (bicyclic) bond motifs is 1. The van der Waals surface area contributed by atoms with Crippen molar-refractivity contribution < 1.29 is 0 Å². The van der Waals surface area contributed by atoms with Gasteiger partial charge in [0.05, 0.1) is 29.1 Å². The standard InChI is InChI=1S/C21H24N6O2/c1-25-20(29)16-4-7-22-11-18(16)24-21(25)26-8-5-14(6-9-26)12-27-13-23-17(10-19(27)28)15-2-3-15/h4,7,10-11,13-15H,2-3,5-6,8-9,12H2,1H3. The number of nitrogens with zero attached hydrogens (tertiary/aromatic N) is 6. The fourth-order valence-corrected chi connectivity index (χ4v) is 4.17. The number of piperidine rings is 1. The minimum atomic E-state index is -0.0529. The molecule has 0 unspecified atom stereocenters. The van der Waals surface area contributed by atoms with E-state index in [0.717, 1.165) is 44.5 Å². The first-order valence-corrected chi connectivity index (χ1v) is 10.2. The lowest BCUT2D eigenvalue weighted by atomic mass is 9.97. The monoisotopic (exact) mass is 392 g/mol. The minimum Gasteiger partial charge on any atom is -0.342 e. The largest absolute Gasteiger partial charge is 0.342 e. The number of pyridine rings is 1. The van der Waals surface area contributed by atoms with Crippen LogP contribution in [0.25, 0.3) is 10.9 Å². The molecule has 0 bridgehead atoms. The molecule has 1 saturated carbocycles. The molecule has 4 heterocycles. The van der Waals surface area contributed by atoms with Gasteiger partial charge in [-0.2, -0.15) is 0 Å². The highest BCUT2D eigenvalue weighted by atomic mass is 16.1. The van der Waals surface area contributed by atoms with Crippen molar-refractivity contribution in [1.82, 2.24) is 24.1 Å². The lowest BCUT2D eigenvalue weighted by Gasteiger charge is -2.33. The maximum absolute atomic E-state index is 12.6. The van der Waals surface area contributed by atoms with Crippen LogP contribution in [0.4, 0.5) is 5.95 Å². The van der Waals surface area contributed by atoms with E-state index in [0.29, 0.717) is 35.2 Å². The van der Waals surface area contributed by atoms with E-state index in [9.17, 15) is 9.59 Å². The molecule has 150 valence electrons. The van der Waals surface area contributed by atoms with Crippen molar-refractivity contribution in [2.75, 3.05) is 18.0 Å². The summed E-state index contributed by atoms with van der Waals surface area (Å²) >= 11 is 0. The quantitative estimate of drug-likeness (QED) is 0.672. The normalized spacial score (nSPS) is 17.8. The lowest BCUT2D eigenvalue weighted by molar-refractivity contribution is 0.347. The fourth-order valence-electron chi connectivity index (χ4n) is 4.17. The summed E-state index contributed by atoms with van der Waals surface area (Å²) in [7, 11) is 1.77. The molecule has 3 aromatic rings. The highest BCUT2D eigenvalue weighted by Gasteiger charge is 2.26. The molecule has 1 aliphatic heterocycles. The Balaban J connectivity index is 1.29. The average molecular weight is 392 g/mol. The zero-order valence-corrected chi connectivity index (χ0v) is 16.5. The Labute approximate surface area is 167 Å². The SMILES string of the molecule is Cn1c(N2CCC(Cn3cnc(C4CC4)cc3=O)CC2)nc2cnccc2c1=O. The molecular formula is C21H24N6O2. The summed E-state index contributed by atoms with van der Waals surface area (Å²) in [5.74, 6) is 1.59. The van der Waals surface area contributed by atoms with Crippen molar-refractivity contribution in [3.05, 3.63) is 57.3 Å². The third-order valence-electron chi connectivity index (χ3n) is 6.10. The third kappa shape index (κ3) is 3.43. The Bertz CT molecular complexity index is 1170. The van der Waals surface area contributed by atoms with E-state index < -0.39 is 0 Å². The minimum absolute atomic E-state index is 0.0513. The number of rotatable bonds is 4. The van der Waals surface area contributed by atoms with E-state index in [4.69, 9.17) is 0 Å². The summed E-state index contributed by atoms with van der Waals surface area (Å²) in [4.78, 5) is 40.4. The maximum Gasteiger partial charge on any atom is 0.262 e. The zero-order valence-electron chi connectivity index (χ0n) is 16.5. The molecule has 0 atom stereocenters. The smallest absolute Gasteiger partial charge is 0.262 e. The second-order valence-corrected chi connectivity index (χ2v) is 8.18. The molecule has 0 N–H and O–H groups in total. The number of hydrogen-bond donors (Lipinski definition) is 0. The van der Waals surface area contributed by atoms with Crippen LogP contribution in [0, 0.1) is 5.92 Å². The van der Waals surface area contributed by atoms with Crippen LogP contribution in [0.15, 0.2) is 40.4 Å². The van der Waals surface area contributed by atoms with Crippen LogP contribution >= 0.6 is 0 Å². The number of aromatic nitrogens is 5. The van der Waals surface area contributed by atoms with Gasteiger partial charge in [-0.3, -0.25) is 23.7 Å². The highest BCUT2D eigenvalue weighted by Crippen LogP contribution is 2.38. The zero-order chi connectivity index (χ0) is 20.0. The number of hydrogen-bond acceptors (Lipinski definition) is 6. The van der Waals surface area contributed by atoms with Crippen molar-refractivity contribution >= 4 is 16.9 Å². The van der Waals surface area contributed by atoms with Gasteiger partial charge in [-0.15, -0.1) is 0 Å². The van der Waals surface area contributed by atoms with Crippen molar-refractivity contribution in [1.29, 1.82) is 0 Å². The van der Waals surface area contributed by atoms with Gasteiger partial charge in [0.1, 0.15) is 0 Å². The van der Waals surface area contributed by atoms with Gasteiger partial charge in [-0.1, -0.05) is 0 Å². The summed E-state index contributed by atoms with van der Waals surface area (Å²) in [5.41, 5.74) is 1.57. The summed E-state index contributed by atoms with van der Waals surface area (Å²) in [6, 6.07) is 3.41. The molecule has 3 aromatic heterocycles. The highest BCUT2D eigenvalue weighted by molar-refractivity contribution is 5.77. The summed E-state index contributed by atoms with van der Waals surface area (Å²) in [6.45, 7) is 2.30. The van der Waals surface area contributed by atoms with Gasteiger partial charge < -0.3 is 4.90 Å². The fraction of sp³-hybridized carbons (Fsp3) is 0.476. The molecule has 0 amide bonds. The molecule has 29 heavy (non-hydrogen) atoms. The van der Waals surface area contributed by atoms with Crippen molar-refractivity contribution in [2.45, 2.75) is 38.1 Å². The molecule has 0 spiro atoms. The van der Waals surface area contributed by atoms with Gasteiger partial charge in [0.25, 0.3) is 11.1 Å². The Morgan fingerprint density at radius 2 is 1.93 bits per heavy atom. The predicted molar refractivity (Wildman–Crippen MR) is 110 cm³/mol. The van der Waals surface area contributed by atoms with E-state index in [1.165, 1.54) is 0 Å². The molecule has 5 rings (SSSR count). The van der Waals surface area contributed by atoms with Crippen LogP contribution < -0.4 is 16.0 Å². The van der Waals surface area contributed by atoms with E-state index in [1.807, 2.05) is 0 Å². The molecule has 2 aliphatic rings. The third-order valence-corrected chi connectivity index (χ3v) is 6.10. The molecule has 2 fully saturated rings. The molecule has 8 heteroatoms. The summed E-state index contributed by atoms with van der Waals surface area (Å²) in [6.07, 6.45) is 9.15. The van der Waals surface area contributed by atoms with Crippen LogP contribution in [0.5, 0.6) is 0 Å². The van der Waals surface area contributed by atoms with E-state index in [1.54, 1.807) is 47.0 Å². The van der Waals surface area contributed by atoms with Gasteiger partial charge in [-0.25, -0.2) is 9.97 Å². The second-order valence-electron chi connectivity index (χ2n) is 8.18. The lowest BCUT2D eigenvalue weighted by Crippen LogP contribution is -2.39. The Hall–Kier alpha value is -3.03. The molecule has 0 radical (unpaired) electrons. The molecular weight excluding hydrogens is 368 g/mol. The van der Waals surface area contributed by atoms with Crippen LogP contribution in [0.3, 0.4) is 0 Å². The van der Waals surface area contributed by atoms with Gasteiger partial charge >= 0.3 is 0 Å². The van der Waals surface area contributed by atoms with Gasteiger partial charge in [0.15, 0.2) is 0 Å². The molecule has 8 nitrogen and oxygen atoms in total. The second kappa shape index (κ2) is 7.09. The summed E-state index contributed by atoms with van der Waals surface area (Å²) in [5, 5.41) is 0.586. The van der Waals surface area contributed by atoms with Crippen LogP contribution in [0.1, 0.15) is 37.3 Å². The Morgan fingerprint density at radius 3 is 2.66 bits per heavy atom. The molecule has 1 aliphatic carbocycles. The van der Waals surface area contributed by atoms with Crippen LogP contribution in [-0.4, -0.2) is 37.2 Å². The Morgan fingerprint density at radius 1 is 1.14 bits per heavy atom. The van der Waals surface area contributed by atoms with Gasteiger partial charge in [-0.05, 0) is 37.7 Å². The first-order chi connectivity index (χ1) is 14.1.